The monoisotopic (exact) mass is 392 g/mol. The van der Waals surface area contributed by atoms with Gasteiger partial charge in [0.15, 0.2) is 0 Å². The highest BCUT2D eigenvalue weighted by Crippen LogP contribution is 2.24. The van der Waals surface area contributed by atoms with Crippen LogP contribution in [0.25, 0.3) is 10.2 Å². The lowest BCUT2D eigenvalue weighted by molar-refractivity contribution is -0.673. The minimum absolute atomic E-state index is 0.242. The van der Waals surface area contributed by atoms with Crippen molar-refractivity contribution in [2.45, 2.75) is 31.2 Å². The average Bonchev–Trinajstić information content (AvgIpc) is 2.77. The van der Waals surface area contributed by atoms with Crippen LogP contribution in [0.1, 0.15) is 17.8 Å². The molecule has 2 rings (SSSR count). The Morgan fingerprint density at radius 1 is 1.17 bits per heavy atom. The highest BCUT2D eigenvalue weighted by Gasteiger charge is 2.22. The summed E-state index contributed by atoms with van der Waals surface area (Å²) in [5.41, 5.74) is 0.903. The Hall–Kier alpha value is -1.07. The van der Waals surface area contributed by atoms with E-state index in [0.29, 0.717) is 19.4 Å². The van der Waals surface area contributed by atoms with Crippen LogP contribution >= 0.6 is 11.3 Å². The van der Waals surface area contributed by atoms with E-state index in [1.54, 1.807) is 18.2 Å². The van der Waals surface area contributed by atoms with Gasteiger partial charge in [-0.05, 0) is 18.6 Å². The van der Waals surface area contributed by atoms with E-state index in [4.69, 9.17) is 0 Å². The summed E-state index contributed by atoms with van der Waals surface area (Å²) in [6.45, 7) is 2.51. The standard InChI is InChI=1S/C14H20N2O5S3/c1-11-16(8-4-5-9-23(17,18)19)13-7-6-12(10-14(13)22-11)24(20,21)15(2)3/h6-7,10H,4-5,8-9H2,1-3H3. The summed E-state index contributed by atoms with van der Waals surface area (Å²) in [6.07, 6.45) is 0.874. The van der Waals surface area contributed by atoms with Crippen molar-refractivity contribution >= 4 is 41.7 Å². The molecule has 0 fully saturated rings. The van der Waals surface area contributed by atoms with Crippen LogP contribution in [0.3, 0.4) is 0 Å². The fraction of sp³-hybridized carbons (Fsp3) is 0.500. The number of hydrogen-bond acceptors (Lipinski definition) is 6. The van der Waals surface area contributed by atoms with Crippen LogP contribution < -0.4 is 4.57 Å². The van der Waals surface area contributed by atoms with Gasteiger partial charge >= 0.3 is 0 Å². The third-order valence-electron chi connectivity index (χ3n) is 3.66. The van der Waals surface area contributed by atoms with Gasteiger partial charge in [0.25, 0.3) is 0 Å². The van der Waals surface area contributed by atoms with E-state index in [0.717, 1.165) is 15.2 Å². The largest absolute Gasteiger partial charge is 0.748 e. The second kappa shape index (κ2) is 7.04. The third-order valence-corrected chi connectivity index (χ3v) is 7.33. The molecule has 0 saturated carbocycles. The molecule has 2 aromatic rings. The zero-order valence-corrected chi connectivity index (χ0v) is 16.2. The Bertz CT molecular complexity index is 946. The Morgan fingerprint density at radius 2 is 1.83 bits per heavy atom. The van der Waals surface area contributed by atoms with E-state index in [2.05, 4.69) is 0 Å². The number of aromatic nitrogens is 1. The lowest BCUT2D eigenvalue weighted by Gasteiger charge is -2.10. The van der Waals surface area contributed by atoms with Gasteiger partial charge in [-0.25, -0.2) is 21.1 Å². The molecule has 24 heavy (non-hydrogen) atoms. The van der Waals surface area contributed by atoms with Crippen molar-refractivity contribution in [1.82, 2.24) is 4.31 Å². The molecule has 1 heterocycles. The van der Waals surface area contributed by atoms with Gasteiger partial charge < -0.3 is 4.55 Å². The highest BCUT2D eigenvalue weighted by atomic mass is 32.2. The predicted molar refractivity (Wildman–Crippen MR) is 91.4 cm³/mol. The van der Waals surface area contributed by atoms with Crippen molar-refractivity contribution in [3.8, 4) is 0 Å². The quantitative estimate of drug-likeness (QED) is 0.399. The molecule has 0 spiro atoms. The second-order valence-corrected chi connectivity index (χ2v) is 10.6. The van der Waals surface area contributed by atoms with E-state index >= 15 is 0 Å². The summed E-state index contributed by atoms with van der Waals surface area (Å²) in [6, 6.07) is 4.99. The molecule has 0 N–H and O–H groups in total. The van der Waals surface area contributed by atoms with E-state index < -0.39 is 20.1 Å². The van der Waals surface area contributed by atoms with Crippen LogP contribution in [-0.2, 0) is 26.7 Å². The number of thiazole rings is 1. The summed E-state index contributed by atoms with van der Waals surface area (Å²) in [5.74, 6) is -0.361. The van der Waals surface area contributed by atoms with Gasteiger partial charge in [0.1, 0.15) is 11.2 Å². The minimum atomic E-state index is -4.18. The molecule has 0 bridgehead atoms. The first-order valence-corrected chi connectivity index (χ1v) is 11.1. The van der Waals surface area contributed by atoms with Crippen molar-refractivity contribution in [3.05, 3.63) is 23.2 Å². The molecular formula is C14H20N2O5S3. The number of nitrogens with zero attached hydrogens (tertiary/aromatic N) is 2. The number of fused-ring (bicyclic) bond motifs is 1. The smallest absolute Gasteiger partial charge is 0.242 e. The first kappa shape index (κ1) is 19.3. The average molecular weight is 393 g/mol. The summed E-state index contributed by atoms with van der Waals surface area (Å²) in [5, 5.41) is 0.995. The fourth-order valence-corrected chi connectivity index (χ4v) is 5.03. The molecule has 0 aliphatic carbocycles. The van der Waals surface area contributed by atoms with Gasteiger partial charge in [-0.3, -0.25) is 0 Å². The van der Waals surface area contributed by atoms with E-state index in [1.807, 2.05) is 11.5 Å². The third kappa shape index (κ3) is 4.31. The van der Waals surface area contributed by atoms with E-state index in [9.17, 15) is 21.4 Å². The zero-order chi connectivity index (χ0) is 18.1. The molecule has 10 heteroatoms. The molecule has 0 aliphatic heterocycles. The van der Waals surface area contributed by atoms with Crippen LogP contribution in [0.15, 0.2) is 23.1 Å². The maximum absolute atomic E-state index is 12.2. The predicted octanol–water partition coefficient (Wildman–Crippen LogP) is 1.07. The number of sulfonamides is 1. The maximum Gasteiger partial charge on any atom is 0.242 e. The Labute approximate surface area is 146 Å². The zero-order valence-electron chi connectivity index (χ0n) is 13.7. The van der Waals surface area contributed by atoms with Gasteiger partial charge in [0, 0.05) is 39.3 Å². The van der Waals surface area contributed by atoms with Gasteiger partial charge in [-0.2, -0.15) is 4.57 Å². The topological polar surface area (TPSA) is 98.5 Å². The first-order chi connectivity index (χ1) is 11.0. The molecular weight excluding hydrogens is 372 g/mol. The fourth-order valence-electron chi connectivity index (χ4n) is 2.38. The van der Waals surface area contributed by atoms with Crippen LogP contribution in [0, 0.1) is 6.92 Å². The molecule has 0 amide bonds. The Morgan fingerprint density at radius 3 is 2.42 bits per heavy atom. The summed E-state index contributed by atoms with van der Waals surface area (Å²) >= 11 is 1.48. The van der Waals surface area contributed by atoms with Crippen LogP contribution in [0.5, 0.6) is 0 Å². The van der Waals surface area contributed by atoms with Crippen LogP contribution in [0.2, 0.25) is 0 Å². The van der Waals surface area contributed by atoms with E-state index in [-0.39, 0.29) is 10.6 Å². The molecule has 0 saturated heterocycles. The molecule has 0 aliphatic rings. The molecule has 1 aromatic heterocycles. The summed E-state index contributed by atoms with van der Waals surface area (Å²) < 4.78 is 60.4. The molecule has 0 unspecified atom stereocenters. The van der Waals surface area contributed by atoms with Gasteiger partial charge in [0.2, 0.25) is 20.5 Å². The van der Waals surface area contributed by atoms with Crippen molar-refractivity contribution in [2.75, 3.05) is 19.8 Å². The number of hydrogen-bond donors (Lipinski definition) is 0. The van der Waals surface area contributed by atoms with Crippen LogP contribution in [-0.4, -0.2) is 45.5 Å². The molecule has 0 atom stereocenters. The van der Waals surface area contributed by atoms with Gasteiger partial charge in [-0.1, -0.05) is 11.3 Å². The second-order valence-electron chi connectivity index (χ2n) is 5.66. The highest BCUT2D eigenvalue weighted by molar-refractivity contribution is 7.89. The van der Waals surface area contributed by atoms with Crippen LogP contribution in [0.4, 0.5) is 0 Å². The number of aryl methyl sites for hydroxylation is 2. The maximum atomic E-state index is 12.2. The number of benzene rings is 1. The summed E-state index contributed by atoms with van der Waals surface area (Å²) in [4.78, 5) is 0.242. The van der Waals surface area contributed by atoms with Crippen molar-refractivity contribution < 1.29 is 26.0 Å². The Kier molecular flexibility index (Phi) is 5.65. The molecule has 7 nitrogen and oxygen atoms in total. The first-order valence-electron chi connectivity index (χ1n) is 7.31. The number of rotatable bonds is 7. The SMILES string of the molecule is Cc1sc2cc(S(=O)(=O)N(C)C)ccc2[n+]1CCCCS(=O)(=O)[O-]. The Balaban J connectivity index is 2.26. The van der Waals surface area contributed by atoms with Crippen molar-refractivity contribution in [2.24, 2.45) is 0 Å². The minimum Gasteiger partial charge on any atom is -0.748 e. The van der Waals surface area contributed by atoms with Gasteiger partial charge in [-0.15, -0.1) is 0 Å². The molecule has 1 aromatic carbocycles. The normalized spacial score (nSPS) is 13.0. The molecule has 0 radical (unpaired) electrons. The van der Waals surface area contributed by atoms with E-state index in [1.165, 1.54) is 29.7 Å². The molecule has 134 valence electrons. The lowest BCUT2D eigenvalue weighted by atomic mass is 10.3. The van der Waals surface area contributed by atoms with Crippen molar-refractivity contribution in [1.29, 1.82) is 0 Å². The number of unbranched alkanes of at least 4 members (excludes halogenated alkanes) is 1. The summed E-state index contributed by atoms with van der Waals surface area (Å²) in [7, 11) is -4.68. The van der Waals surface area contributed by atoms with Gasteiger partial charge in [0.05, 0.1) is 15.0 Å². The lowest BCUT2D eigenvalue weighted by Crippen LogP contribution is -2.35. The van der Waals surface area contributed by atoms with Crippen molar-refractivity contribution in [3.63, 3.8) is 0 Å².